The first-order valence-corrected chi connectivity index (χ1v) is 9.96. The lowest BCUT2D eigenvalue weighted by atomic mass is 10.1. The zero-order chi connectivity index (χ0) is 20.6. The number of benzene rings is 1. The highest BCUT2D eigenvalue weighted by atomic mass is 16.2. The van der Waals surface area contributed by atoms with Crippen molar-refractivity contribution >= 4 is 23.7 Å². The molecular formula is C21H33N5O2. The molecule has 1 aromatic rings. The van der Waals surface area contributed by atoms with E-state index in [0.29, 0.717) is 18.7 Å². The average molecular weight is 388 g/mol. The predicted molar refractivity (Wildman–Crippen MR) is 114 cm³/mol. The number of hydrogen-bond donors (Lipinski definition) is 3. The van der Waals surface area contributed by atoms with E-state index in [0.717, 1.165) is 32.1 Å². The molecule has 2 amide bonds. The van der Waals surface area contributed by atoms with Gasteiger partial charge in [0.2, 0.25) is 11.8 Å². The normalized spacial score (nSPS) is 12.8. The van der Waals surface area contributed by atoms with Crippen LogP contribution in [0.15, 0.2) is 40.4 Å². The number of hydrazone groups is 1. The molecule has 0 aromatic heterocycles. The van der Waals surface area contributed by atoms with Crippen molar-refractivity contribution in [3.05, 3.63) is 35.9 Å². The zero-order valence-corrected chi connectivity index (χ0v) is 16.8. The number of amides is 2. The van der Waals surface area contributed by atoms with Gasteiger partial charge in [-0.2, -0.15) is 5.10 Å². The fraction of sp³-hybridized carbons (Fsp3) is 0.524. The molecule has 0 fully saturated rings. The number of rotatable bonds is 14. The fourth-order valence-corrected chi connectivity index (χ4v) is 2.80. The lowest BCUT2D eigenvalue weighted by Crippen LogP contribution is -2.44. The van der Waals surface area contributed by atoms with E-state index in [-0.39, 0.29) is 12.3 Å². The van der Waals surface area contributed by atoms with Crippen molar-refractivity contribution in [2.75, 3.05) is 6.54 Å². The van der Waals surface area contributed by atoms with E-state index >= 15 is 0 Å². The third-order valence-corrected chi connectivity index (χ3v) is 4.35. The fourth-order valence-electron chi connectivity index (χ4n) is 2.80. The van der Waals surface area contributed by atoms with E-state index in [1.54, 1.807) is 0 Å². The Morgan fingerprint density at radius 1 is 1.14 bits per heavy atom. The van der Waals surface area contributed by atoms with E-state index in [1.807, 2.05) is 30.3 Å². The van der Waals surface area contributed by atoms with Gasteiger partial charge < -0.3 is 16.9 Å². The number of nitrogens with two attached hydrogens (primary N) is 2. The SMILES string of the molecule is CCCCCCCC(=O)N[C@H](CC(N)=O)/C(C=NCCc1ccccc1)=N/N. The third-order valence-electron chi connectivity index (χ3n) is 4.35. The van der Waals surface area contributed by atoms with Gasteiger partial charge in [-0.05, 0) is 18.4 Å². The first-order chi connectivity index (χ1) is 13.6. The molecule has 0 saturated carbocycles. The summed E-state index contributed by atoms with van der Waals surface area (Å²) in [5.74, 6) is 4.79. The van der Waals surface area contributed by atoms with Gasteiger partial charge in [-0.3, -0.25) is 14.6 Å². The van der Waals surface area contributed by atoms with Crippen molar-refractivity contribution in [1.29, 1.82) is 0 Å². The Morgan fingerprint density at radius 2 is 1.86 bits per heavy atom. The zero-order valence-electron chi connectivity index (χ0n) is 16.8. The number of hydrogen-bond acceptors (Lipinski definition) is 5. The molecule has 28 heavy (non-hydrogen) atoms. The summed E-state index contributed by atoms with van der Waals surface area (Å²) in [7, 11) is 0. The number of nitrogens with zero attached hydrogens (tertiary/aromatic N) is 2. The van der Waals surface area contributed by atoms with E-state index < -0.39 is 11.9 Å². The number of unbranched alkanes of at least 4 members (excludes halogenated alkanes) is 4. The highest BCUT2D eigenvalue weighted by Gasteiger charge is 2.19. The summed E-state index contributed by atoms with van der Waals surface area (Å²) in [6.45, 7) is 2.70. The van der Waals surface area contributed by atoms with Gasteiger partial charge in [0.1, 0.15) is 5.71 Å². The molecule has 5 N–H and O–H groups in total. The summed E-state index contributed by atoms with van der Waals surface area (Å²) in [5, 5.41) is 6.51. The largest absolute Gasteiger partial charge is 0.370 e. The average Bonchev–Trinajstić information content (AvgIpc) is 2.68. The second kappa shape index (κ2) is 14.4. The van der Waals surface area contributed by atoms with Gasteiger partial charge in [-0.25, -0.2) is 0 Å². The minimum Gasteiger partial charge on any atom is -0.370 e. The number of carbonyl (C=O) groups excluding carboxylic acids is 2. The molecule has 1 aromatic carbocycles. The van der Waals surface area contributed by atoms with Gasteiger partial charge in [0.25, 0.3) is 0 Å². The molecule has 0 radical (unpaired) electrons. The molecule has 0 aliphatic heterocycles. The summed E-state index contributed by atoms with van der Waals surface area (Å²) >= 11 is 0. The summed E-state index contributed by atoms with van der Waals surface area (Å²) in [5.41, 5.74) is 6.83. The van der Waals surface area contributed by atoms with Crippen molar-refractivity contribution < 1.29 is 9.59 Å². The molecule has 0 unspecified atom stereocenters. The maximum Gasteiger partial charge on any atom is 0.220 e. The van der Waals surface area contributed by atoms with Crippen LogP contribution in [-0.4, -0.2) is 36.3 Å². The van der Waals surface area contributed by atoms with Crippen molar-refractivity contribution in [2.45, 2.75) is 64.3 Å². The molecule has 0 heterocycles. The lowest BCUT2D eigenvalue weighted by Gasteiger charge is -2.17. The summed E-state index contributed by atoms with van der Waals surface area (Å²) in [4.78, 5) is 27.9. The highest BCUT2D eigenvalue weighted by molar-refractivity contribution is 6.33. The molecular weight excluding hydrogens is 354 g/mol. The standard InChI is InChI=1S/C21H33N5O2/c1-2-3-4-5-9-12-21(28)25-18(15-20(22)27)19(26-23)16-24-14-13-17-10-7-6-8-11-17/h6-8,10-11,16,18H,2-5,9,12-15,23H2,1H3,(H2,22,27)(H,25,28)/b24-16?,26-19+/t18-/m1/s1. The third kappa shape index (κ3) is 10.4. The van der Waals surface area contributed by atoms with Crippen LogP contribution in [0.1, 0.15) is 57.4 Å². The molecule has 0 saturated heterocycles. The molecule has 1 rings (SSSR count). The van der Waals surface area contributed by atoms with Gasteiger partial charge in [-0.1, -0.05) is 62.9 Å². The van der Waals surface area contributed by atoms with Crippen LogP contribution in [0.5, 0.6) is 0 Å². The maximum absolute atomic E-state index is 12.2. The Morgan fingerprint density at radius 3 is 2.50 bits per heavy atom. The van der Waals surface area contributed by atoms with Crippen LogP contribution < -0.4 is 16.9 Å². The van der Waals surface area contributed by atoms with Crippen LogP contribution >= 0.6 is 0 Å². The summed E-state index contributed by atoms with van der Waals surface area (Å²) < 4.78 is 0. The summed E-state index contributed by atoms with van der Waals surface area (Å²) in [6, 6.07) is 9.33. The molecule has 1 atom stereocenters. The molecule has 0 bridgehead atoms. The second-order valence-corrected chi connectivity index (χ2v) is 6.78. The predicted octanol–water partition coefficient (Wildman–Crippen LogP) is 2.34. The highest BCUT2D eigenvalue weighted by Crippen LogP contribution is 2.06. The Balaban J connectivity index is 2.55. The van der Waals surface area contributed by atoms with Crippen molar-refractivity contribution in [3.63, 3.8) is 0 Å². The minimum absolute atomic E-state index is 0.0671. The first-order valence-electron chi connectivity index (χ1n) is 9.96. The molecule has 0 spiro atoms. The number of aliphatic imine (C=N–C) groups is 1. The monoisotopic (exact) mass is 387 g/mol. The quantitative estimate of drug-likeness (QED) is 0.196. The molecule has 0 aliphatic carbocycles. The van der Waals surface area contributed by atoms with E-state index in [1.165, 1.54) is 18.2 Å². The molecule has 154 valence electrons. The number of carbonyl (C=O) groups is 2. The van der Waals surface area contributed by atoms with Crippen molar-refractivity contribution in [1.82, 2.24) is 5.32 Å². The molecule has 7 nitrogen and oxygen atoms in total. The maximum atomic E-state index is 12.2. The smallest absolute Gasteiger partial charge is 0.220 e. The number of nitrogens with one attached hydrogen (secondary N) is 1. The Kier molecular flexibility index (Phi) is 12.0. The van der Waals surface area contributed by atoms with Crippen molar-refractivity contribution in [2.24, 2.45) is 21.7 Å². The van der Waals surface area contributed by atoms with Crippen LogP contribution in [-0.2, 0) is 16.0 Å². The van der Waals surface area contributed by atoms with Gasteiger partial charge in [-0.15, -0.1) is 0 Å². The van der Waals surface area contributed by atoms with Gasteiger partial charge >= 0.3 is 0 Å². The molecule has 0 aliphatic rings. The van der Waals surface area contributed by atoms with Crippen LogP contribution in [0, 0.1) is 0 Å². The van der Waals surface area contributed by atoms with Gasteiger partial charge in [0.05, 0.1) is 12.5 Å². The van der Waals surface area contributed by atoms with Crippen molar-refractivity contribution in [3.8, 4) is 0 Å². The first kappa shape index (κ1) is 23.3. The van der Waals surface area contributed by atoms with E-state index in [9.17, 15) is 9.59 Å². The topological polar surface area (TPSA) is 123 Å². The minimum atomic E-state index is -0.661. The van der Waals surface area contributed by atoms with Crippen LogP contribution in [0.4, 0.5) is 0 Å². The molecule has 7 heteroatoms. The lowest BCUT2D eigenvalue weighted by molar-refractivity contribution is -0.122. The summed E-state index contributed by atoms with van der Waals surface area (Å²) in [6.07, 6.45) is 7.91. The Hall–Kier alpha value is -2.70. The van der Waals surface area contributed by atoms with Gasteiger partial charge in [0.15, 0.2) is 0 Å². The second-order valence-electron chi connectivity index (χ2n) is 6.78. The van der Waals surface area contributed by atoms with E-state index in [4.69, 9.17) is 11.6 Å². The van der Waals surface area contributed by atoms with Crippen LogP contribution in [0.3, 0.4) is 0 Å². The van der Waals surface area contributed by atoms with Gasteiger partial charge in [0, 0.05) is 19.2 Å². The Bertz CT molecular complexity index is 643. The number of primary amides is 1. The Labute approximate surface area is 167 Å². The van der Waals surface area contributed by atoms with Crippen LogP contribution in [0.2, 0.25) is 0 Å². The van der Waals surface area contributed by atoms with E-state index in [2.05, 4.69) is 22.3 Å². The van der Waals surface area contributed by atoms with Crippen LogP contribution in [0.25, 0.3) is 0 Å².